The number of nitrogens with one attached hydrogen (secondary N) is 1. The van der Waals surface area contributed by atoms with Gasteiger partial charge < -0.3 is 16.0 Å². The molecule has 2 aromatic rings. The smallest absolute Gasteiger partial charge is 0.223 e. The number of nitrogen functional groups attached to an aromatic ring is 1. The molecule has 0 radical (unpaired) electrons. The molecule has 0 amide bonds. The Morgan fingerprint density at radius 2 is 2.23 bits per heavy atom. The first-order valence-corrected chi connectivity index (χ1v) is 7.87. The minimum absolute atomic E-state index is 0.301. The van der Waals surface area contributed by atoms with Crippen molar-refractivity contribution in [3.05, 3.63) is 40.9 Å². The number of halogens is 1. The summed E-state index contributed by atoms with van der Waals surface area (Å²) in [6.45, 7) is 0.991. The maximum atomic E-state index is 6.09. The van der Waals surface area contributed by atoms with E-state index in [1.165, 1.54) is 5.56 Å². The van der Waals surface area contributed by atoms with Gasteiger partial charge >= 0.3 is 0 Å². The molecule has 0 aliphatic carbocycles. The molecule has 1 atom stereocenters. The van der Waals surface area contributed by atoms with Gasteiger partial charge in [-0.3, -0.25) is 0 Å². The van der Waals surface area contributed by atoms with Crippen LogP contribution < -0.4 is 16.0 Å². The van der Waals surface area contributed by atoms with Crippen molar-refractivity contribution < 1.29 is 0 Å². The SMILES string of the molecule is CNc1cc(N2CCCC2Cc2cccc(Cl)c2)nc(N)n1. The summed E-state index contributed by atoms with van der Waals surface area (Å²) in [7, 11) is 1.83. The van der Waals surface area contributed by atoms with Crippen molar-refractivity contribution in [3.8, 4) is 0 Å². The fraction of sp³-hybridized carbons (Fsp3) is 0.375. The van der Waals surface area contributed by atoms with E-state index in [9.17, 15) is 0 Å². The summed E-state index contributed by atoms with van der Waals surface area (Å²) in [6.07, 6.45) is 3.26. The predicted octanol–water partition coefficient (Wildman–Crippen LogP) is 2.97. The van der Waals surface area contributed by atoms with Crippen LogP contribution in [0.1, 0.15) is 18.4 Å². The first-order valence-electron chi connectivity index (χ1n) is 7.49. The summed E-state index contributed by atoms with van der Waals surface area (Å²) in [5.41, 5.74) is 7.06. The average Bonchev–Trinajstić information content (AvgIpc) is 2.94. The van der Waals surface area contributed by atoms with Gasteiger partial charge in [0.25, 0.3) is 0 Å². The Labute approximate surface area is 135 Å². The van der Waals surface area contributed by atoms with Gasteiger partial charge in [-0.15, -0.1) is 0 Å². The van der Waals surface area contributed by atoms with Crippen LogP contribution in [0.25, 0.3) is 0 Å². The van der Waals surface area contributed by atoms with E-state index in [1.54, 1.807) is 0 Å². The van der Waals surface area contributed by atoms with Crippen LogP contribution >= 0.6 is 11.6 Å². The second kappa shape index (κ2) is 6.40. The van der Waals surface area contributed by atoms with Gasteiger partial charge in [-0.1, -0.05) is 23.7 Å². The lowest BCUT2D eigenvalue weighted by Crippen LogP contribution is -2.32. The number of anilines is 3. The normalized spacial score (nSPS) is 17.7. The molecule has 0 saturated carbocycles. The molecule has 1 aliphatic heterocycles. The molecule has 3 N–H and O–H groups in total. The first kappa shape index (κ1) is 14.9. The number of benzene rings is 1. The lowest BCUT2D eigenvalue weighted by atomic mass is 10.0. The fourth-order valence-corrected chi connectivity index (χ4v) is 3.23. The quantitative estimate of drug-likeness (QED) is 0.907. The number of rotatable bonds is 4. The van der Waals surface area contributed by atoms with Gasteiger partial charge in [0.1, 0.15) is 11.6 Å². The minimum atomic E-state index is 0.301. The molecule has 2 heterocycles. The maximum absolute atomic E-state index is 6.09. The number of nitrogens with two attached hydrogens (primary N) is 1. The molecule has 1 saturated heterocycles. The molecule has 1 fully saturated rings. The Bertz CT molecular complexity index is 661. The van der Waals surface area contributed by atoms with Crippen molar-refractivity contribution in [2.24, 2.45) is 0 Å². The second-order valence-electron chi connectivity index (χ2n) is 5.54. The Morgan fingerprint density at radius 3 is 3.00 bits per heavy atom. The van der Waals surface area contributed by atoms with Gasteiger partial charge in [-0.05, 0) is 37.0 Å². The van der Waals surface area contributed by atoms with Crippen molar-refractivity contribution in [3.63, 3.8) is 0 Å². The number of aromatic nitrogens is 2. The van der Waals surface area contributed by atoms with E-state index in [0.29, 0.717) is 12.0 Å². The third-order valence-corrected chi connectivity index (χ3v) is 4.25. The highest BCUT2D eigenvalue weighted by Crippen LogP contribution is 2.28. The van der Waals surface area contributed by atoms with Crippen LogP contribution in [-0.4, -0.2) is 29.6 Å². The Kier molecular flexibility index (Phi) is 4.34. The molecule has 22 heavy (non-hydrogen) atoms. The van der Waals surface area contributed by atoms with E-state index in [2.05, 4.69) is 26.3 Å². The lowest BCUT2D eigenvalue weighted by molar-refractivity contribution is 0.658. The third-order valence-electron chi connectivity index (χ3n) is 4.02. The van der Waals surface area contributed by atoms with Crippen molar-refractivity contribution in [1.82, 2.24) is 9.97 Å². The van der Waals surface area contributed by atoms with Gasteiger partial charge in [0.15, 0.2) is 0 Å². The highest BCUT2D eigenvalue weighted by molar-refractivity contribution is 6.30. The molecule has 3 rings (SSSR count). The fourth-order valence-electron chi connectivity index (χ4n) is 3.01. The molecule has 6 heteroatoms. The van der Waals surface area contributed by atoms with Crippen molar-refractivity contribution in [2.75, 3.05) is 29.5 Å². The van der Waals surface area contributed by atoms with Crippen molar-refractivity contribution >= 4 is 29.2 Å². The largest absolute Gasteiger partial charge is 0.373 e. The Morgan fingerprint density at radius 1 is 1.36 bits per heavy atom. The summed E-state index contributed by atoms with van der Waals surface area (Å²) in [5, 5.41) is 3.81. The van der Waals surface area contributed by atoms with Gasteiger partial charge in [-0.2, -0.15) is 9.97 Å². The van der Waals surface area contributed by atoms with Crippen LogP contribution in [0.4, 0.5) is 17.6 Å². The number of nitrogens with zero attached hydrogens (tertiary/aromatic N) is 3. The summed E-state index contributed by atoms with van der Waals surface area (Å²) in [4.78, 5) is 10.9. The van der Waals surface area contributed by atoms with E-state index in [-0.39, 0.29) is 0 Å². The van der Waals surface area contributed by atoms with Crippen LogP contribution in [-0.2, 0) is 6.42 Å². The van der Waals surface area contributed by atoms with E-state index >= 15 is 0 Å². The molecule has 0 spiro atoms. The molecule has 0 bridgehead atoms. The zero-order valence-electron chi connectivity index (χ0n) is 12.6. The van der Waals surface area contributed by atoms with E-state index in [4.69, 9.17) is 17.3 Å². The summed E-state index contributed by atoms with van der Waals surface area (Å²) in [6, 6.07) is 10.4. The topological polar surface area (TPSA) is 67.1 Å². The summed E-state index contributed by atoms with van der Waals surface area (Å²) >= 11 is 6.09. The summed E-state index contributed by atoms with van der Waals surface area (Å²) in [5.74, 6) is 1.94. The van der Waals surface area contributed by atoms with Crippen LogP contribution in [0.2, 0.25) is 5.02 Å². The minimum Gasteiger partial charge on any atom is -0.373 e. The standard InChI is InChI=1S/C16H20ClN5/c1-19-14-10-15(21-16(18)20-14)22-7-3-6-13(22)9-11-4-2-5-12(17)8-11/h2,4-5,8,10,13H,3,6-7,9H2,1H3,(H3,18,19,20,21). The van der Waals surface area contributed by atoms with Crippen molar-refractivity contribution in [1.29, 1.82) is 0 Å². The van der Waals surface area contributed by atoms with Gasteiger partial charge in [-0.25, -0.2) is 0 Å². The molecular formula is C16H20ClN5. The first-order chi connectivity index (χ1) is 10.7. The molecule has 5 nitrogen and oxygen atoms in total. The van der Waals surface area contributed by atoms with Gasteiger partial charge in [0.2, 0.25) is 5.95 Å². The highest BCUT2D eigenvalue weighted by Gasteiger charge is 2.26. The van der Waals surface area contributed by atoms with Crippen LogP contribution in [0, 0.1) is 0 Å². The maximum Gasteiger partial charge on any atom is 0.223 e. The van der Waals surface area contributed by atoms with Crippen LogP contribution in [0.3, 0.4) is 0 Å². The van der Waals surface area contributed by atoms with Crippen LogP contribution in [0.5, 0.6) is 0 Å². The zero-order valence-corrected chi connectivity index (χ0v) is 13.3. The monoisotopic (exact) mass is 317 g/mol. The molecule has 1 aromatic carbocycles. The second-order valence-corrected chi connectivity index (χ2v) is 5.98. The Hall–Kier alpha value is -2.01. The summed E-state index contributed by atoms with van der Waals surface area (Å²) < 4.78 is 0. The molecule has 1 aliphatic rings. The van der Waals surface area contributed by atoms with E-state index < -0.39 is 0 Å². The molecule has 1 aromatic heterocycles. The highest BCUT2D eigenvalue weighted by atomic mass is 35.5. The lowest BCUT2D eigenvalue weighted by Gasteiger charge is -2.26. The molecule has 1 unspecified atom stereocenters. The molecule has 116 valence electrons. The average molecular weight is 318 g/mol. The predicted molar refractivity (Wildman–Crippen MR) is 91.5 cm³/mol. The van der Waals surface area contributed by atoms with E-state index in [1.807, 2.05) is 31.3 Å². The number of hydrogen-bond acceptors (Lipinski definition) is 5. The Balaban J connectivity index is 1.82. The van der Waals surface area contributed by atoms with Crippen molar-refractivity contribution in [2.45, 2.75) is 25.3 Å². The third kappa shape index (κ3) is 3.25. The molecular weight excluding hydrogens is 298 g/mol. The van der Waals surface area contributed by atoms with Gasteiger partial charge in [0, 0.05) is 30.7 Å². The van der Waals surface area contributed by atoms with E-state index in [0.717, 1.165) is 42.5 Å². The zero-order chi connectivity index (χ0) is 15.5. The van der Waals surface area contributed by atoms with Gasteiger partial charge in [0.05, 0.1) is 0 Å². The number of hydrogen-bond donors (Lipinski definition) is 2. The van der Waals surface area contributed by atoms with Crippen LogP contribution in [0.15, 0.2) is 30.3 Å².